The Labute approximate surface area is 164 Å². The number of aryl methyl sites for hydroxylation is 3. The van der Waals surface area contributed by atoms with Crippen LogP contribution >= 0.6 is 0 Å². The van der Waals surface area contributed by atoms with E-state index >= 15 is 0 Å². The molecule has 148 valence electrons. The van der Waals surface area contributed by atoms with E-state index < -0.39 is 0 Å². The Morgan fingerprint density at radius 3 is 2.57 bits per heavy atom. The van der Waals surface area contributed by atoms with Crippen LogP contribution in [-0.2, 0) is 25.3 Å². The maximum Gasteiger partial charge on any atom is 0.227 e. The highest BCUT2D eigenvalue weighted by molar-refractivity contribution is 5.47. The number of rotatable bonds is 7. The van der Waals surface area contributed by atoms with Crippen LogP contribution in [0, 0.1) is 0 Å². The Balaban J connectivity index is 1.61. The number of ether oxygens (including phenoxy) is 2. The predicted molar refractivity (Wildman–Crippen MR) is 104 cm³/mol. The molecule has 0 saturated heterocycles. The summed E-state index contributed by atoms with van der Waals surface area (Å²) >= 11 is 0. The van der Waals surface area contributed by atoms with Gasteiger partial charge in [0.25, 0.3) is 0 Å². The summed E-state index contributed by atoms with van der Waals surface area (Å²) in [7, 11) is 5.30. The minimum absolute atomic E-state index is 0.228. The molecule has 0 N–H and O–H groups in total. The first-order valence-electron chi connectivity index (χ1n) is 9.67. The molecule has 28 heavy (non-hydrogen) atoms. The van der Waals surface area contributed by atoms with E-state index in [-0.39, 0.29) is 5.41 Å². The van der Waals surface area contributed by atoms with Gasteiger partial charge in [0.2, 0.25) is 5.89 Å². The van der Waals surface area contributed by atoms with Gasteiger partial charge in [0.1, 0.15) is 0 Å². The lowest BCUT2D eigenvalue weighted by atomic mass is 9.78. The fourth-order valence-electron chi connectivity index (χ4n) is 4.17. The van der Waals surface area contributed by atoms with Gasteiger partial charge in [-0.05, 0) is 37.0 Å². The van der Waals surface area contributed by atoms with Gasteiger partial charge < -0.3 is 18.6 Å². The highest BCUT2D eigenvalue weighted by atomic mass is 16.5. The van der Waals surface area contributed by atoms with Crippen LogP contribution in [0.1, 0.15) is 48.7 Å². The van der Waals surface area contributed by atoms with Crippen LogP contribution in [0.25, 0.3) is 0 Å². The van der Waals surface area contributed by atoms with Crippen LogP contribution in [0.15, 0.2) is 35.2 Å². The average molecular weight is 382 g/mol. The maximum atomic E-state index is 5.62. The smallest absolute Gasteiger partial charge is 0.227 e. The zero-order valence-electron chi connectivity index (χ0n) is 16.6. The summed E-state index contributed by atoms with van der Waals surface area (Å²) in [6.45, 7) is 0. The van der Waals surface area contributed by atoms with Crippen molar-refractivity contribution in [3.05, 3.63) is 53.7 Å². The van der Waals surface area contributed by atoms with Crippen LogP contribution in [0.4, 0.5) is 0 Å². The molecule has 7 heteroatoms. The molecule has 3 aromatic rings. The third kappa shape index (κ3) is 3.25. The first-order chi connectivity index (χ1) is 13.7. The van der Waals surface area contributed by atoms with E-state index in [4.69, 9.17) is 19.0 Å². The number of benzene rings is 1. The SMILES string of the molecule is COc1ccc(C2(c3noc(CCc4cncn4C)n3)CCCC2)cc1OC. The van der Waals surface area contributed by atoms with Crippen molar-refractivity contribution in [2.24, 2.45) is 7.05 Å². The van der Waals surface area contributed by atoms with Gasteiger partial charge in [-0.1, -0.05) is 24.1 Å². The summed E-state index contributed by atoms with van der Waals surface area (Å²) < 4.78 is 18.5. The van der Waals surface area contributed by atoms with Crippen LogP contribution in [0.3, 0.4) is 0 Å². The van der Waals surface area contributed by atoms with Crippen LogP contribution in [0.2, 0.25) is 0 Å². The largest absolute Gasteiger partial charge is 0.493 e. The Morgan fingerprint density at radius 1 is 1.11 bits per heavy atom. The van der Waals surface area contributed by atoms with Crippen molar-refractivity contribution in [3.63, 3.8) is 0 Å². The lowest BCUT2D eigenvalue weighted by molar-refractivity contribution is 0.350. The molecule has 1 aliphatic carbocycles. The summed E-state index contributed by atoms with van der Waals surface area (Å²) in [5.41, 5.74) is 2.07. The Hall–Kier alpha value is -2.83. The van der Waals surface area contributed by atoms with Gasteiger partial charge >= 0.3 is 0 Å². The summed E-state index contributed by atoms with van der Waals surface area (Å²) in [6, 6.07) is 6.10. The van der Waals surface area contributed by atoms with Gasteiger partial charge in [0.05, 0.1) is 26.0 Å². The molecule has 2 heterocycles. The monoisotopic (exact) mass is 382 g/mol. The maximum absolute atomic E-state index is 5.62. The number of hydrogen-bond acceptors (Lipinski definition) is 6. The molecule has 0 spiro atoms. The fraction of sp³-hybridized carbons (Fsp3) is 0.476. The molecule has 1 aliphatic rings. The quantitative estimate of drug-likeness (QED) is 0.623. The number of imidazole rings is 1. The van der Waals surface area contributed by atoms with Gasteiger partial charge in [0, 0.05) is 25.4 Å². The zero-order chi connectivity index (χ0) is 19.6. The van der Waals surface area contributed by atoms with E-state index in [2.05, 4.69) is 22.3 Å². The number of methoxy groups -OCH3 is 2. The van der Waals surface area contributed by atoms with Crippen molar-refractivity contribution < 1.29 is 14.0 Å². The van der Waals surface area contributed by atoms with Gasteiger partial charge in [-0.2, -0.15) is 4.98 Å². The molecule has 1 saturated carbocycles. The minimum atomic E-state index is -0.228. The number of hydrogen-bond donors (Lipinski definition) is 0. The zero-order valence-corrected chi connectivity index (χ0v) is 16.6. The third-order valence-electron chi connectivity index (χ3n) is 5.80. The van der Waals surface area contributed by atoms with E-state index in [1.165, 1.54) is 0 Å². The minimum Gasteiger partial charge on any atom is -0.493 e. The Kier molecular flexibility index (Phi) is 5.07. The molecular formula is C21H26N4O3. The van der Waals surface area contributed by atoms with E-state index in [1.807, 2.05) is 23.9 Å². The summed E-state index contributed by atoms with van der Waals surface area (Å²) in [5.74, 6) is 2.90. The standard InChI is InChI=1S/C21H26N4O3/c1-25-14-22-13-16(25)7-9-19-23-20(24-28-19)21(10-4-5-11-21)15-6-8-17(26-2)18(12-15)27-3/h6,8,12-14H,4-5,7,9-11H2,1-3H3. The van der Waals surface area contributed by atoms with Crippen molar-refractivity contribution >= 4 is 0 Å². The summed E-state index contributed by atoms with van der Waals surface area (Å²) in [6.07, 6.45) is 9.50. The topological polar surface area (TPSA) is 75.2 Å². The molecule has 2 aromatic heterocycles. The highest BCUT2D eigenvalue weighted by Crippen LogP contribution is 2.47. The molecule has 0 unspecified atom stereocenters. The molecule has 0 atom stereocenters. The molecule has 0 aliphatic heterocycles. The molecule has 0 amide bonds. The third-order valence-corrected chi connectivity index (χ3v) is 5.80. The first-order valence-corrected chi connectivity index (χ1v) is 9.67. The van der Waals surface area contributed by atoms with E-state index in [1.54, 1.807) is 20.5 Å². The lowest BCUT2D eigenvalue weighted by Gasteiger charge is -2.26. The van der Waals surface area contributed by atoms with Crippen LogP contribution in [-0.4, -0.2) is 33.9 Å². The lowest BCUT2D eigenvalue weighted by Crippen LogP contribution is -2.25. The van der Waals surface area contributed by atoms with E-state index in [0.29, 0.717) is 12.3 Å². The van der Waals surface area contributed by atoms with Gasteiger partial charge in [0.15, 0.2) is 17.3 Å². The second-order valence-electron chi connectivity index (χ2n) is 7.37. The molecule has 0 bridgehead atoms. The molecule has 0 radical (unpaired) electrons. The second-order valence-corrected chi connectivity index (χ2v) is 7.37. The summed E-state index contributed by atoms with van der Waals surface area (Å²) in [4.78, 5) is 8.95. The summed E-state index contributed by atoms with van der Waals surface area (Å²) in [5, 5.41) is 4.39. The van der Waals surface area contributed by atoms with Crippen molar-refractivity contribution in [1.82, 2.24) is 19.7 Å². The van der Waals surface area contributed by atoms with Crippen molar-refractivity contribution in [2.45, 2.75) is 43.9 Å². The number of nitrogens with zero attached hydrogens (tertiary/aromatic N) is 4. The van der Waals surface area contributed by atoms with Crippen LogP contribution in [0.5, 0.6) is 11.5 Å². The van der Waals surface area contributed by atoms with E-state index in [9.17, 15) is 0 Å². The second kappa shape index (κ2) is 7.66. The Morgan fingerprint density at radius 2 is 1.89 bits per heavy atom. The number of aromatic nitrogens is 4. The van der Waals surface area contributed by atoms with Gasteiger partial charge in [-0.15, -0.1) is 0 Å². The average Bonchev–Trinajstić information content (AvgIpc) is 3.47. The van der Waals surface area contributed by atoms with Crippen molar-refractivity contribution in [1.29, 1.82) is 0 Å². The Bertz CT molecular complexity index is 941. The van der Waals surface area contributed by atoms with E-state index in [0.717, 1.165) is 60.7 Å². The fourth-order valence-corrected chi connectivity index (χ4v) is 4.17. The molecule has 4 rings (SSSR count). The van der Waals surface area contributed by atoms with Crippen LogP contribution < -0.4 is 9.47 Å². The predicted octanol–water partition coefficient (Wildman–Crippen LogP) is 3.47. The van der Waals surface area contributed by atoms with Gasteiger partial charge in [-0.25, -0.2) is 4.98 Å². The normalized spacial score (nSPS) is 15.7. The van der Waals surface area contributed by atoms with Crippen molar-refractivity contribution in [2.75, 3.05) is 14.2 Å². The first kappa shape index (κ1) is 18.5. The molecule has 1 fully saturated rings. The van der Waals surface area contributed by atoms with Crippen molar-refractivity contribution in [3.8, 4) is 11.5 Å². The molecule has 1 aromatic carbocycles. The van der Waals surface area contributed by atoms with Gasteiger partial charge in [-0.3, -0.25) is 0 Å². The molecule has 7 nitrogen and oxygen atoms in total. The highest BCUT2D eigenvalue weighted by Gasteiger charge is 2.42. The molecular weight excluding hydrogens is 356 g/mol.